The van der Waals surface area contributed by atoms with E-state index in [0.717, 1.165) is 5.56 Å². The van der Waals surface area contributed by atoms with Gasteiger partial charge in [0.05, 0.1) is 0 Å². The van der Waals surface area contributed by atoms with Gasteiger partial charge in [-0.15, -0.1) is 5.10 Å². The van der Waals surface area contributed by atoms with Gasteiger partial charge in [-0.1, -0.05) is 11.6 Å². The minimum atomic E-state index is -2.55. The molecule has 0 spiro atoms. The minimum absolute atomic E-state index is 0.166. The molecule has 0 aliphatic heterocycles. The van der Waals surface area contributed by atoms with Crippen molar-refractivity contribution in [1.82, 2.24) is 14.6 Å². The molecular formula is C11H10ClF2N3. The second-order valence-corrected chi connectivity index (χ2v) is 4.94. The summed E-state index contributed by atoms with van der Waals surface area (Å²) in [6, 6.07) is 3.60. The van der Waals surface area contributed by atoms with Gasteiger partial charge in [0.15, 0.2) is 11.5 Å². The first kappa shape index (κ1) is 10.9. The molecule has 0 unspecified atom stereocenters. The van der Waals surface area contributed by atoms with Crippen LogP contribution in [-0.4, -0.2) is 20.5 Å². The van der Waals surface area contributed by atoms with Gasteiger partial charge in [-0.25, -0.2) is 18.3 Å². The van der Waals surface area contributed by atoms with Gasteiger partial charge in [0, 0.05) is 18.8 Å². The van der Waals surface area contributed by atoms with E-state index < -0.39 is 5.92 Å². The molecule has 2 heterocycles. The lowest BCUT2D eigenvalue weighted by Gasteiger charge is -2.32. The van der Waals surface area contributed by atoms with E-state index in [-0.39, 0.29) is 18.8 Å². The third kappa shape index (κ3) is 1.78. The van der Waals surface area contributed by atoms with E-state index >= 15 is 0 Å². The van der Waals surface area contributed by atoms with Gasteiger partial charge < -0.3 is 0 Å². The number of nitrogens with zero attached hydrogens (tertiary/aromatic N) is 3. The predicted molar refractivity (Wildman–Crippen MR) is 59.7 cm³/mol. The second-order valence-electron chi connectivity index (χ2n) is 4.56. The maximum atomic E-state index is 12.8. The molecule has 0 radical (unpaired) electrons. The number of aromatic nitrogens is 3. The fourth-order valence-corrected chi connectivity index (χ4v) is 2.40. The van der Waals surface area contributed by atoms with Gasteiger partial charge in [-0.3, -0.25) is 0 Å². The van der Waals surface area contributed by atoms with E-state index in [9.17, 15) is 8.78 Å². The van der Waals surface area contributed by atoms with Crippen LogP contribution in [-0.2, 0) is 0 Å². The summed E-state index contributed by atoms with van der Waals surface area (Å²) in [5.41, 5.74) is 1.58. The quantitative estimate of drug-likeness (QED) is 0.735. The van der Waals surface area contributed by atoms with Gasteiger partial charge in [0.25, 0.3) is 0 Å². The monoisotopic (exact) mass is 257 g/mol. The molecule has 0 amide bonds. The summed E-state index contributed by atoms with van der Waals surface area (Å²) in [6.07, 6.45) is -0.332. The molecule has 1 aliphatic rings. The predicted octanol–water partition coefficient (Wildman–Crippen LogP) is 3.20. The maximum absolute atomic E-state index is 12.8. The van der Waals surface area contributed by atoms with Crippen LogP contribution in [0.1, 0.15) is 30.1 Å². The summed E-state index contributed by atoms with van der Waals surface area (Å²) in [7, 11) is 0. The molecule has 0 N–H and O–H groups in total. The zero-order valence-corrected chi connectivity index (χ0v) is 9.88. The maximum Gasteiger partial charge on any atom is 0.249 e. The number of rotatable bonds is 1. The van der Waals surface area contributed by atoms with E-state index in [1.165, 1.54) is 4.52 Å². The first-order valence-electron chi connectivity index (χ1n) is 5.35. The van der Waals surface area contributed by atoms with Gasteiger partial charge in [0.1, 0.15) is 5.15 Å². The molecule has 1 fully saturated rings. The largest absolute Gasteiger partial charge is 0.249 e. The highest BCUT2D eigenvalue weighted by Gasteiger charge is 2.47. The average molecular weight is 258 g/mol. The molecule has 2 aromatic rings. The molecule has 1 aliphatic carbocycles. The molecule has 3 rings (SSSR count). The van der Waals surface area contributed by atoms with E-state index in [1.54, 1.807) is 6.07 Å². The summed E-state index contributed by atoms with van der Waals surface area (Å²) >= 11 is 6.01. The van der Waals surface area contributed by atoms with Crippen LogP contribution in [0.25, 0.3) is 5.65 Å². The van der Waals surface area contributed by atoms with Crippen LogP contribution >= 0.6 is 11.6 Å². The third-order valence-corrected chi connectivity index (χ3v) is 3.28. The fourth-order valence-electron chi connectivity index (χ4n) is 2.10. The van der Waals surface area contributed by atoms with Crippen LogP contribution < -0.4 is 0 Å². The molecular weight excluding hydrogens is 248 g/mol. The van der Waals surface area contributed by atoms with Crippen molar-refractivity contribution < 1.29 is 8.78 Å². The highest BCUT2D eigenvalue weighted by molar-refractivity contribution is 6.29. The molecule has 2 aromatic heterocycles. The number of halogens is 3. The fraction of sp³-hybridized carbons (Fsp3) is 0.455. The highest BCUT2D eigenvalue weighted by Crippen LogP contribution is 2.47. The van der Waals surface area contributed by atoms with Crippen molar-refractivity contribution in [3.8, 4) is 0 Å². The Morgan fingerprint density at radius 2 is 2.12 bits per heavy atom. The number of hydrogen-bond donors (Lipinski definition) is 0. The van der Waals surface area contributed by atoms with E-state index in [4.69, 9.17) is 11.6 Å². The Bertz CT molecular complexity index is 586. The van der Waals surface area contributed by atoms with Crippen molar-refractivity contribution in [2.45, 2.75) is 31.6 Å². The van der Waals surface area contributed by atoms with Gasteiger partial charge in [-0.2, -0.15) is 0 Å². The van der Waals surface area contributed by atoms with Crippen LogP contribution in [0.4, 0.5) is 8.78 Å². The van der Waals surface area contributed by atoms with Crippen molar-refractivity contribution in [1.29, 1.82) is 0 Å². The van der Waals surface area contributed by atoms with Crippen LogP contribution in [0.15, 0.2) is 12.1 Å². The molecule has 0 atom stereocenters. The molecule has 17 heavy (non-hydrogen) atoms. The third-order valence-electron chi connectivity index (χ3n) is 3.01. The van der Waals surface area contributed by atoms with E-state index in [1.807, 2.05) is 13.0 Å². The van der Waals surface area contributed by atoms with Crippen molar-refractivity contribution in [3.63, 3.8) is 0 Å². The van der Waals surface area contributed by atoms with Crippen molar-refractivity contribution in [2.75, 3.05) is 0 Å². The highest BCUT2D eigenvalue weighted by atomic mass is 35.5. The molecule has 6 heteroatoms. The SMILES string of the molecule is Cc1cc(Cl)n2nc(C3CC(F)(F)C3)nc2c1. The van der Waals surface area contributed by atoms with Crippen molar-refractivity contribution >= 4 is 17.2 Å². The second kappa shape index (κ2) is 3.38. The Balaban J connectivity index is 2.00. The molecule has 90 valence electrons. The van der Waals surface area contributed by atoms with Crippen molar-refractivity contribution in [3.05, 3.63) is 28.7 Å². The number of aryl methyl sites for hydroxylation is 1. The van der Waals surface area contributed by atoms with E-state index in [0.29, 0.717) is 16.6 Å². The lowest BCUT2D eigenvalue weighted by Crippen LogP contribution is -2.34. The topological polar surface area (TPSA) is 30.2 Å². The van der Waals surface area contributed by atoms with Gasteiger partial charge in [-0.05, 0) is 24.6 Å². The standard InChI is InChI=1S/C11H10ClF2N3/c1-6-2-8(12)17-9(3-6)15-10(16-17)7-4-11(13,14)5-7/h2-3,7H,4-5H2,1H3. The normalized spacial score (nSPS) is 19.5. The van der Waals surface area contributed by atoms with Crippen LogP contribution in [0.5, 0.6) is 0 Å². The molecule has 0 saturated heterocycles. The Kier molecular flexibility index (Phi) is 2.17. The molecule has 0 aromatic carbocycles. The van der Waals surface area contributed by atoms with Crippen LogP contribution in [0.2, 0.25) is 5.15 Å². The first-order chi connectivity index (χ1) is 7.94. The van der Waals surface area contributed by atoms with Crippen LogP contribution in [0.3, 0.4) is 0 Å². The number of alkyl halides is 2. The summed E-state index contributed by atoms with van der Waals surface area (Å²) in [4.78, 5) is 4.26. The summed E-state index contributed by atoms with van der Waals surface area (Å²) < 4.78 is 27.1. The molecule has 3 nitrogen and oxygen atoms in total. The van der Waals surface area contributed by atoms with E-state index in [2.05, 4.69) is 10.1 Å². The Labute approximate surface area is 101 Å². The Morgan fingerprint density at radius 3 is 2.76 bits per heavy atom. The summed E-state index contributed by atoms with van der Waals surface area (Å²) in [5, 5.41) is 4.63. The number of fused-ring (bicyclic) bond motifs is 1. The minimum Gasteiger partial charge on any atom is -0.212 e. The number of pyridine rings is 1. The summed E-state index contributed by atoms with van der Waals surface area (Å²) in [6.45, 7) is 1.90. The first-order valence-corrected chi connectivity index (χ1v) is 5.73. The lowest BCUT2D eigenvalue weighted by molar-refractivity contribution is -0.0884. The van der Waals surface area contributed by atoms with Gasteiger partial charge >= 0.3 is 0 Å². The zero-order valence-electron chi connectivity index (χ0n) is 9.12. The Hall–Kier alpha value is -1.23. The molecule has 0 bridgehead atoms. The molecule has 1 saturated carbocycles. The lowest BCUT2D eigenvalue weighted by atomic mass is 9.81. The average Bonchev–Trinajstić information content (AvgIpc) is 2.57. The summed E-state index contributed by atoms with van der Waals surface area (Å²) in [5.74, 6) is -2.34. The number of hydrogen-bond acceptors (Lipinski definition) is 2. The zero-order chi connectivity index (χ0) is 12.2. The smallest absolute Gasteiger partial charge is 0.212 e. The van der Waals surface area contributed by atoms with Crippen molar-refractivity contribution in [2.24, 2.45) is 0 Å². The van der Waals surface area contributed by atoms with Gasteiger partial charge in [0.2, 0.25) is 5.92 Å². The van der Waals surface area contributed by atoms with Crippen LogP contribution in [0, 0.1) is 6.92 Å². The Morgan fingerprint density at radius 1 is 1.41 bits per heavy atom.